The molecule has 0 heterocycles. The highest BCUT2D eigenvalue weighted by Crippen LogP contribution is 2.20. The van der Waals surface area contributed by atoms with Crippen molar-refractivity contribution in [2.45, 2.75) is 31.7 Å². The normalized spacial score (nSPS) is 13.1. The van der Waals surface area contributed by atoms with Gasteiger partial charge in [0.25, 0.3) is 0 Å². The van der Waals surface area contributed by atoms with Gasteiger partial charge in [0, 0.05) is 16.7 Å². The van der Waals surface area contributed by atoms with Crippen molar-refractivity contribution in [3.63, 3.8) is 0 Å². The van der Waals surface area contributed by atoms with Gasteiger partial charge in [-0.2, -0.15) is 0 Å². The van der Waals surface area contributed by atoms with Gasteiger partial charge < -0.3 is 5.32 Å². The van der Waals surface area contributed by atoms with Gasteiger partial charge in [-0.25, -0.2) is 0 Å². The minimum atomic E-state index is 0.594. The largest absolute Gasteiger partial charge is 0.316 e. The molecule has 0 radical (unpaired) electrons. The summed E-state index contributed by atoms with van der Waals surface area (Å²) in [7, 11) is 2.04. The lowest BCUT2D eigenvalue weighted by atomic mass is 10.1. The van der Waals surface area contributed by atoms with Gasteiger partial charge in [0.2, 0.25) is 0 Å². The summed E-state index contributed by atoms with van der Waals surface area (Å²) in [6, 6.07) is 9.34. The summed E-state index contributed by atoms with van der Waals surface area (Å²) in [4.78, 5) is 1.36. The Kier molecular flexibility index (Phi) is 5.20. The SMILES string of the molecule is CNC(CSc1ccc(C)cc1)C(C)C. The van der Waals surface area contributed by atoms with Gasteiger partial charge in [-0.15, -0.1) is 11.8 Å². The minimum Gasteiger partial charge on any atom is -0.316 e. The van der Waals surface area contributed by atoms with Crippen LogP contribution in [0, 0.1) is 12.8 Å². The third-order valence-electron chi connectivity index (χ3n) is 2.63. The standard InChI is InChI=1S/C13H21NS/c1-10(2)13(14-4)9-15-12-7-5-11(3)6-8-12/h5-8,10,13-14H,9H2,1-4H3. The molecule has 0 bridgehead atoms. The quantitative estimate of drug-likeness (QED) is 0.768. The van der Waals surface area contributed by atoms with Gasteiger partial charge in [-0.3, -0.25) is 0 Å². The molecule has 0 aliphatic heterocycles. The Balaban J connectivity index is 2.45. The Labute approximate surface area is 97.7 Å². The fourth-order valence-corrected chi connectivity index (χ4v) is 2.68. The fourth-order valence-electron chi connectivity index (χ4n) is 1.43. The van der Waals surface area contributed by atoms with Crippen LogP contribution in [0.15, 0.2) is 29.2 Å². The molecule has 1 aromatic carbocycles. The zero-order valence-corrected chi connectivity index (χ0v) is 10.9. The van der Waals surface area contributed by atoms with E-state index in [-0.39, 0.29) is 0 Å². The van der Waals surface area contributed by atoms with Crippen LogP contribution in [0.4, 0.5) is 0 Å². The van der Waals surface area contributed by atoms with Crippen LogP contribution in [0.1, 0.15) is 19.4 Å². The summed E-state index contributed by atoms with van der Waals surface area (Å²) in [5.41, 5.74) is 1.33. The minimum absolute atomic E-state index is 0.594. The highest BCUT2D eigenvalue weighted by atomic mass is 32.2. The smallest absolute Gasteiger partial charge is 0.0181 e. The summed E-state index contributed by atoms with van der Waals surface area (Å²) in [5.74, 6) is 1.82. The molecular formula is C13H21NS. The average molecular weight is 223 g/mol. The number of aryl methyl sites for hydroxylation is 1. The van der Waals surface area contributed by atoms with E-state index in [0.29, 0.717) is 12.0 Å². The second-order valence-corrected chi connectivity index (χ2v) is 5.36. The molecule has 0 saturated carbocycles. The molecule has 1 unspecified atom stereocenters. The van der Waals surface area contributed by atoms with E-state index in [0.717, 1.165) is 5.75 Å². The first-order valence-electron chi connectivity index (χ1n) is 5.50. The molecule has 1 rings (SSSR count). The number of hydrogen-bond acceptors (Lipinski definition) is 2. The monoisotopic (exact) mass is 223 g/mol. The molecule has 1 nitrogen and oxygen atoms in total. The topological polar surface area (TPSA) is 12.0 Å². The van der Waals surface area contributed by atoms with E-state index < -0.39 is 0 Å². The molecule has 1 N–H and O–H groups in total. The molecule has 0 aliphatic carbocycles. The molecular weight excluding hydrogens is 202 g/mol. The predicted octanol–water partition coefficient (Wildman–Crippen LogP) is 3.33. The van der Waals surface area contributed by atoms with Gasteiger partial charge in [-0.1, -0.05) is 31.5 Å². The average Bonchev–Trinajstić information content (AvgIpc) is 2.21. The van der Waals surface area contributed by atoms with E-state index in [2.05, 4.69) is 50.4 Å². The number of hydrogen-bond donors (Lipinski definition) is 1. The summed E-state index contributed by atoms with van der Waals surface area (Å²) in [6.45, 7) is 6.65. The van der Waals surface area contributed by atoms with Crippen LogP contribution in [0.25, 0.3) is 0 Å². The second kappa shape index (κ2) is 6.19. The van der Waals surface area contributed by atoms with E-state index in [4.69, 9.17) is 0 Å². The summed E-state index contributed by atoms with van der Waals surface area (Å²) >= 11 is 1.93. The maximum atomic E-state index is 3.36. The fraction of sp³-hybridized carbons (Fsp3) is 0.538. The summed E-state index contributed by atoms with van der Waals surface area (Å²) in [5, 5.41) is 3.36. The molecule has 0 fully saturated rings. The molecule has 0 saturated heterocycles. The molecule has 1 atom stereocenters. The molecule has 0 spiro atoms. The van der Waals surface area contributed by atoms with Crippen molar-refractivity contribution >= 4 is 11.8 Å². The molecule has 0 aliphatic rings. The Bertz CT molecular complexity index is 279. The first-order valence-corrected chi connectivity index (χ1v) is 6.48. The van der Waals surface area contributed by atoms with Crippen LogP contribution in [0.2, 0.25) is 0 Å². The molecule has 2 heteroatoms. The van der Waals surface area contributed by atoms with Crippen LogP contribution in [-0.4, -0.2) is 18.8 Å². The lowest BCUT2D eigenvalue weighted by Crippen LogP contribution is -2.32. The van der Waals surface area contributed by atoms with Crippen molar-refractivity contribution in [1.29, 1.82) is 0 Å². The van der Waals surface area contributed by atoms with Crippen LogP contribution in [-0.2, 0) is 0 Å². The van der Waals surface area contributed by atoms with Crippen molar-refractivity contribution in [1.82, 2.24) is 5.32 Å². The van der Waals surface area contributed by atoms with Crippen molar-refractivity contribution in [2.75, 3.05) is 12.8 Å². The first kappa shape index (κ1) is 12.6. The summed E-state index contributed by atoms with van der Waals surface area (Å²) in [6.07, 6.45) is 0. The lowest BCUT2D eigenvalue weighted by molar-refractivity contribution is 0.465. The number of nitrogens with one attached hydrogen (secondary N) is 1. The highest BCUT2D eigenvalue weighted by Gasteiger charge is 2.10. The van der Waals surface area contributed by atoms with Crippen LogP contribution in [0.5, 0.6) is 0 Å². The number of rotatable bonds is 5. The van der Waals surface area contributed by atoms with Crippen molar-refractivity contribution in [2.24, 2.45) is 5.92 Å². The Morgan fingerprint density at radius 1 is 1.20 bits per heavy atom. The Hall–Kier alpha value is -0.470. The zero-order chi connectivity index (χ0) is 11.3. The van der Waals surface area contributed by atoms with E-state index in [1.54, 1.807) is 0 Å². The maximum Gasteiger partial charge on any atom is 0.0181 e. The van der Waals surface area contributed by atoms with E-state index in [1.807, 2.05) is 18.8 Å². The van der Waals surface area contributed by atoms with E-state index >= 15 is 0 Å². The second-order valence-electron chi connectivity index (χ2n) is 4.26. The van der Waals surface area contributed by atoms with Gasteiger partial charge in [0.05, 0.1) is 0 Å². The Morgan fingerprint density at radius 3 is 2.27 bits per heavy atom. The van der Waals surface area contributed by atoms with Crippen LogP contribution >= 0.6 is 11.8 Å². The van der Waals surface area contributed by atoms with E-state index in [1.165, 1.54) is 10.5 Å². The summed E-state index contributed by atoms with van der Waals surface area (Å²) < 4.78 is 0. The zero-order valence-electron chi connectivity index (χ0n) is 10.1. The first-order chi connectivity index (χ1) is 7.13. The molecule has 84 valence electrons. The maximum absolute atomic E-state index is 3.36. The van der Waals surface area contributed by atoms with Crippen molar-refractivity contribution < 1.29 is 0 Å². The number of benzene rings is 1. The van der Waals surface area contributed by atoms with Gasteiger partial charge >= 0.3 is 0 Å². The van der Waals surface area contributed by atoms with Crippen molar-refractivity contribution in [3.05, 3.63) is 29.8 Å². The van der Waals surface area contributed by atoms with Gasteiger partial charge in [0.1, 0.15) is 0 Å². The predicted molar refractivity (Wildman–Crippen MR) is 69.6 cm³/mol. The molecule has 15 heavy (non-hydrogen) atoms. The van der Waals surface area contributed by atoms with Gasteiger partial charge in [-0.05, 0) is 32.0 Å². The molecule has 1 aromatic rings. The van der Waals surface area contributed by atoms with Crippen molar-refractivity contribution in [3.8, 4) is 0 Å². The van der Waals surface area contributed by atoms with Gasteiger partial charge in [0.15, 0.2) is 0 Å². The van der Waals surface area contributed by atoms with Crippen LogP contribution < -0.4 is 5.32 Å². The third kappa shape index (κ3) is 4.27. The lowest BCUT2D eigenvalue weighted by Gasteiger charge is -2.19. The molecule has 0 amide bonds. The van der Waals surface area contributed by atoms with E-state index in [9.17, 15) is 0 Å². The van der Waals surface area contributed by atoms with Crippen LogP contribution in [0.3, 0.4) is 0 Å². The number of thioether (sulfide) groups is 1. The Morgan fingerprint density at radius 2 is 1.80 bits per heavy atom. The molecule has 0 aromatic heterocycles. The third-order valence-corrected chi connectivity index (χ3v) is 3.76. The highest BCUT2D eigenvalue weighted by molar-refractivity contribution is 7.99.